The minimum absolute atomic E-state index is 0.186. The van der Waals surface area contributed by atoms with Crippen LogP contribution in [0.25, 0.3) is 0 Å². The SMILES string of the molecule is CCOC(=O)C1=C(C)NC(=O)N[C@H]1c1ccc(OCC(=O)N/N=C/c2cccc(OC)c2OC)c(OC)c1. The Balaban J connectivity index is 1.69. The summed E-state index contributed by atoms with van der Waals surface area (Å²) in [6.07, 6.45) is 1.43. The van der Waals surface area contributed by atoms with Crippen molar-refractivity contribution in [2.24, 2.45) is 5.10 Å². The molecule has 3 amide bonds. The second kappa shape index (κ2) is 13.0. The van der Waals surface area contributed by atoms with Crippen LogP contribution in [0.5, 0.6) is 23.0 Å². The van der Waals surface area contributed by atoms with Gasteiger partial charge < -0.3 is 34.3 Å². The van der Waals surface area contributed by atoms with E-state index in [0.717, 1.165) is 0 Å². The van der Waals surface area contributed by atoms with Crippen molar-refractivity contribution in [2.75, 3.05) is 34.5 Å². The molecule has 38 heavy (non-hydrogen) atoms. The number of hydrazone groups is 1. The summed E-state index contributed by atoms with van der Waals surface area (Å²) in [5.74, 6) is 0.534. The lowest BCUT2D eigenvalue weighted by Crippen LogP contribution is -2.45. The van der Waals surface area contributed by atoms with E-state index in [1.807, 2.05) is 0 Å². The van der Waals surface area contributed by atoms with Gasteiger partial charge in [0.1, 0.15) is 0 Å². The number of carbonyl (C=O) groups is 3. The molecule has 1 aliphatic heterocycles. The van der Waals surface area contributed by atoms with Gasteiger partial charge in [-0.25, -0.2) is 15.0 Å². The lowest BCUT2D eigenvalue weighted by Gasteiger charge is -2.28. The van der Waals surface area contributed by atoms with E-state index in [-0.39, 0.29) is 24.5 Å². The highest BCUT2D eigenvalue weighted by Crippen LogP contribution is 2.34. The van der Waals surface area contributed by atoms with Crippen LogP contribution in [0.2, 0.25) is 0 Å². The molecule has 0 saturated carbocycles. The summed E-state index contributed by atoms with van der Waals surface area (Å²) in [5, 5.41) is 9.25. The molecule has 0 bridgehead atoms. The fourth-order valence-corrected chi connectivity index (χ4v) is 3.77. The van der Waals surface area contributed by atoms with Crippen LogP contribution in [-0.2, 0) is 14.3 Å². The van der Waals surface area contributed by atoms with Crippen LogP contribution >= 0.6 is 0 Å². The molecule has 0 radical (unpaired) electrons. The quantitative estimate of drug-likeness (QED) is 0.230. The predicted octanol–water partition coefficient (Wildman–Crippen LogP) is 2.43. The monoisotopic (exact) mass is 526 g/mol. The molecular weight excluding hydrogens is 496 g/mol. The molecule has 1 aliphatic rings. The third kappa shape index (κ3) is 6.52. The first kappa shape index (κ1) is 27.8. The second-order valence-electron chi connectivity index (χ2n) is 7.87. The maximum absolute atomic E-state index is 12.5. The van der Waals surface area contributed by atoms with E-state index in [1.54, 1.807) is 50.2 Å². The predicted molar refractivity (Wildman–Crippen MR) is 138 cm³/mol. The first-order valence-corrected chi connectivity index (χ1v) is 11.6. The molecule has 0 spiro atoms. The first-order chi connectivity index (χ1) is 18.3. The molecule has 1 atom stereocenters. The van der Waals surface area contributed by atoms with E-state index in [1.165, 1.54) is 27.5 Å². The number of esters is 1. The zero-order chi connectivity index (χ0) is 27.7. The summed E-state index contributed by atoms with van der Waals surface area (Å²) < 4.78 is 26.8. The average Bonchev–Trinajstić information content (AvgIpc) is 2.91. The van der Waals surface area contributed by atoms with Crippen molar-refractivity contribution in [3.8, 4) is 23.0 Å². The summed E-state index contributed by atoms with van der Waals surface area (Å²) in [6.45, 7) is 3.16. The van der Waals surface area contributed by atoms with Gasteiger partial charge in [-0.15, -0.1) is 0 Å². The molecule has 12 nitrogen and oxygen atoms in total. The largest absolute Gasteiger partial charge is 0.493 e. The number of carbonyl (C=O) groups excluding carboxylic acids is 3. The Kier molecular flexibility index (Phi) is 9.52. The number of rotatable bonds is 11. The number of urea groups is 1. The highest BCUT2D eigenvalue weighted by atomic mass is 16.5. The summed E-state index contributed by atoms with van der Waals surface area (Å²) in [5.41, 5.74) is 4.22. The van der Waals surface area contributed by atoms with Crippen LogP contribution in [-0.4, -0.2) is 58.7 Å². The van der Waals surface area contributed by atoms with Crippen molar-refractivity contribution in [2.45, 2.75) is 19.9 Å². The molecule has 0 saturated heterocycles. The van der Waals surface area contributed by atoms with Crippen LogP contribution in [0.4, 0.5) is 4.79 Å². The van der Waals surface area contributed by atoms with E-state index < -0.39 is 23.9 Å². The molecule has 0 aliphatic carbocycles. The molecule has 1 heterocycles. The lowest BCUT2D eigenvalue weighted by molar-refractivity contribution is -0.139. The Morgan fingerprint density at radius 2 is 1.82 bits per heavy atom. The van der Waals surface area contributed by atoms with Gasteiger partial charge in [-0.3, -0.25) is 4.79 Å². The molecule has 0 aromatic heterocycles. The van der Waals surface area contributed by atoms with E-state index in [2.05, 4.69) is 21.2 Å². The molecule has 12 heteroatoms. The lowest BCUT2D eigenvalue weighted by atomic mass is 9.95. The fraction of sp³-hybridized carbons (Fsp3) is 0.308. The van der Waals surface area contributed by atoms with Gasteiger partial charge in [0, 0.05) is 11.3 Å². The second-order valence-corrected chi connectivity index (χ2v) is 7.87. The number of hydrogen-bond donors (Lipinski definition) is 3. The molecule has 2 aromatic rings. The average molecular weight is 527 g/mol. The number of nitrogens with zero attached hydrogens (tertiary/aromatic N) is 1. The minimum Gasteiger partial charge on any atom is -0.493 e. The topological polar surface area (TPSA) is 146 Å². The number of para-hydroxylation sites is 1. The van der Waals surface area contributed by atoms with Gasteiger partial charge in [0.2, 0.25) is 0 Å². The van der Waals surface area contributed by atoms with Gasteiger partial charge in [-0.2, -0.15) is 5.10 Å². The number of allylic oxidation sites excluding steroid dienone is 1. The third-order valence-electron chi connectivity index (χ3n) is 5.47. The number of benzene rings is 2. The molecule has 0 fully saturated rings. The molecule has 3 N–H and O–H groups in total. The Morgan fingerprint density at radius 1 is 1.05 bits per heavy atom. The molecule has 0 unspecified atom stereocenters. The number of methoxy groups -OCH3 is 3. The number of ether oxygens (including phenoxy) is 5. The van der Waals surface area contributed by atoms with Crippen molar-refractivity contribution >= 4 is 24.1 Å². The van der Waals surface area contributed by atoms with Gasteiger partial charge in [0.15, 0.2) is 29.6 Å². The third-order valence-corrected chi connectivity index (χ3v) is 5.47. The van der Waals surface area contributed by atoms with Crippen molar-refractivity contribution in [3.05, 3.63) is 58.8 Å². The van der Waals surface area contributed by atoms with Gasteiger partial charge in [-0.05, 0) is 43.7 Å². The number of nitrogens with one attached hydrogen (secondary N) is 3. The molecular formula is C26H30N4O8. The van der Waals surface area contributed by atoms with Crippen molar-refractivity contribution in [3.63, 3.8) is 0 Å². The summed E-state index contributed by atoms with van der Waals surface area (Å²) in [4.78, 5) is 36.9. The van der Waals surface area contributed by atoms with Gasteiger partial charge in [0.25, 0.3) is 5.91 Å². The highest BCUT2D eigenvalue weighted by Gasteiger charge is 2.32. The van der Waals surface area contributed by atoms with Crippen molar-refractivity contribution < 1.29 is 38.1 Å². The Morgan fingerprint density at radius 3 is 2.50 bits per heavy atom. The highest BCUT2D eigenvalue weighted by molar-refractivity contribution is 5.95. The summed E-state index contributed by atoms with van der Waals surface area (Å²) in [7, 11) is 4.47. The molecule has 202 valence electrons. The van der Waals surface area contributed by atoms with Crippen LogP contribution in [0, 0.1) is 0 Å². The van der Waals surface area contributed by atoms with Crippen LogP contribution < -0.4 is 35.0 Å². The maximum atomic E-state index is 12.5. The van der Waals surface area contributed by atoms with E-state index in [0.29, 0.717) is 34.1 Å². The van der Waals surface area contributed by atoms with Crippen molar-refractivity contribution in [1.82, 2.24) is 16.1 Å². The summed E-state index contributed by atoms with van der Waals surface area (Å²) >= 11 is 0. The Labute approximate surface area is 219 Å². The first-order valence-electron chi connectivity index (χ1n) is 11.6. The van der Waals surface area contributed by atoms with Gasteiger partial charge in [0.05, 0.1) is 45.8 Å². The van der Waals surface area contributed by atoms with Crippen molar-refractivity contribution in [1.29, 1.82) is 0 Å². The maximum Gasteiger partial charge on any atom is 0.338 e. The van der Waals surface area contributed by atoms with Gasteiger partial charge in [-0.1, -0.05) is 12.1 Å². The summed E-state index contributed by atoms with van der Waals surface area (Å²) in [6, 6.07) is 8.91. The van der Waals surface area contributed by atoms with E-state index in [9.17, 15) is 14.4 Å². The number of hydrogen-bond acceptors (Lipinski definition) is 9. The van der Waals surface area contributed by atoms with Gasteiger partial charge >= 0.3 is 12.0 Å². The fourth-order valence-electron chi connectivity index (χ4n) is 3.77. The minimum atomic E-state index is -0.767. The van der Waals surface area contributed by atoms with E-state index in [4.69, 9.17) is 23.7 Å². The van der Waals surface area contributed by atoms with Crippen LogP contribution in [0.15, 0.2) is 52.8 Å². The Hall–Kier alpha value is -4.74. The standard InChI is InChI=1S/C26H30N4O8/c1-6-37-25(32)22-15(2)28-26(33)29-23(22)16-10-11-18(20(12-16)35-4)38-14-21(31)30-27-13-17-8-7-9-19(34-3)24(17)36-5/h7-13,23H,6,14H2,1-5H3,(H,30,31)(H2,28,29,33)/b27-13+/t23-/m0/s1. The smallest absolute Gasteiger partial charge is 0.338 e. The normalized spacial score (nSPS) is 14.9. The Bertz CT molecular complexity index is 1260. The zero-order valence-corrected chi connectivity index (χ0v) is 21.7. The molecule has 2 aromatic carbocycles. The zero-order valence-electron chi connectivity index (χ0n) is 21.7. The number of amides is 3. The van der Waals surface area contributed by atoms with E-state index >= 15 is 0 Å². The molecule has 3 rings (SSSR count). The van der Waals surface area contributed by atoms with Crippen LogP contribution in [0.1, 0.15) is 31.0 Å². The van der Waals surface area contributed by atoms with Crippen LogP contribution in [0.3, 0.4) is 0 Å².